The molecule has 0 aliphatic carbocycles. The molecule has 8 heteroatoms. The lowest BCUT2D eigenvalue weighted by atomic mass is 10.2. The minimum absolute atomic E-state index is 0.126. The largest absolute Gasteiger partial charge is 0.494 e. The third kappa shape index (κ3) is 7.05. The Bertz CT molecular complexity index is 868. The first-order chi connectivity index (χ1) is 13.3. The van der Waals surface area contributed by atoms with Crippen molar-refractivity contribution < 1.29 is 17.9 Å². The van der Waals surface area contributed by atoms with Gasteiger partial charge in [-0.1, -0.05) is 23.7 Å². The lowest BCUT2D eigenvalue weighted by molar-refractivity contribution is -0.121. The first-order valence-corrected chi connectivity index (χ1v) is 11.2. The van der Waals surface area contributed by atoms with E-state index >= 15 is 0 Å². The number of amides is 1. The monoisotopic (exact) mass is 424 g/mol. The van der Waals surface area contributed by atoms with E-state index in [1.807, 2.05) is 31.2 Å². The predicted octanol–water partition coefficient (Wildman–Crippen LogP) is 3.60. The zero-order valence-corrected chi connectivity index (χ0v) is 17.6. The van der Waals surface area contributed by atoms with Crippen molar-refractivity contribution in [1.29, 1.82) is 0 Å². The van der Waals surface area contributed by atoms with Gasteiger partial charge in [0.1, 0.15) is 5.75 Å². The standard InChI is InChI=1S/C20H25ClN2O4S/c1-3-27-19-12-6-16(7-13-19)15-22-20(24)5-4-14-23(28(2,25)26)18-10-8-17(21)9-11-18/h6-13H,3-5,14-15H2,1-2H3,(H,22,24). The van der Waals surface area contributed by atoms with E-state index in [0.29, 0.717) is 30.3 Å². The maximum absolute atomic E-state index is 12.1. The van der Waals surface area contributed by atoms with Crippen molar-refractivity contribution in [2.24, 2.45) is 0 Å². The maximum atomic E-state index is 12.1. The topological polar surface area (TPSA) is 75.7 Å². The van der Waals surface area contributed by atoms with Crippen molar-refractivity contribution in [3.63, 3.8) is 0 Å². The molecule has 0 unspecified atom stereocenters. The fourth-order valence-electron chi connectivity index (χ4n) is 2.64. The van der Waals surface area contributed by atoms with Gasteiger partial charge >= 0.3 is 0 Å². The van der Waals surface area contributed by atoms with Gasteiger partial charge in [0.15, 0.2) is 0 Å². The van der Waals surface area contributed by atoms with Crippen LogP contribution in [-0.2, 0) is 21.4 Å². The van der Waals surface area contributed by atoms with E-state index < -0.39 is 10.0 Å². The Hall–Kier alpha value is -2.25. The van der Waals surface area contributed by atoms with Gasteiger partial charge in [-0.3, -0.25) is 9.10 Å². The van der Waals surface area contributed by atoms with Crippen LogP contribution in [0.5, 0.6) is 5.75 Å². The summed E-state index contributed by atoms with van der Waals surface area (Å²) in [6.07, 6.45) is 1.79. The molecule has 0 aliphatic rings. The Balaban J connectivity index is 1.83. The highest BCUT2D eigenvalue weighted by molar-refractivity contribution is 7.92. The van der Waals surface area contributed by atoms with Crippen LogP contribution in [0.2, 0.25) is 5.02 Å². The molecule has 0 heterocycles. The smallest absolute Gasteiger partial charge is 0.232 e. The van der Waals surface area contributed by atoms with Crippen molar-refractivity contribution in [2.75, 3.05) is 23.7 Å². The average molecular weight is 425 g/mol. The molecule has 0 fully saturated rings. The van der Waals surface area contributed by atoms with Crippen LogP contribution in [0, 0.1) is 0 Å². The minimum Gasteiger partial charge on any atom is -0.494 e. The van der Waals surface area contributed by atoms with Crippen molar-refractivity contribution in [3.8, 4) is 5.75 Å². The van der Waals surface area contributed by atoms with Gasteiger partial charge < -0.3 is 10.1 Å². The molecule has 2 rings (SSSR count). The van der Waals surface area contributed by atoms with Gasteiger partial charge in [-0.05, 0) is 55.3 Å². The van der Waals surface area contributed by atoms with Crippen LogP contribution >= 0.6 is 11.6 Å². The first-order valence-electron chi connectivity index (χ1n) is 9.01. The summed E-state index contributed by atoms with van der Waals surface area (Å²) >= 11 is 5.86. The molecule has 0 bridgehead atoms. The van der Waals surface area contributed by atoms with Crippen LogP contribution in [-0.4, -0.2) is 33.7 Å². The second-order valence-corrected chi connectivity index (χ2v) is 8.61. The molecular formula is C20H25ClN2O4S. The van der Waals surface area contributed by atoms with Gasteiger partial charge in [0, 0.05) is 24.5 Å². The van der Waals surface area contributed by atoms with Crippen molar-refractivity contribution in [1.82, 2.24) is 5.32 Å². The van der Waals surface area contributed by atoms with E-state index in [9.17, 15) is 13.2 Å². The molecule has 0 aliphatic heterocycles. The van der Waals surface area contributed by atoms with Gasteiger partial charge in [0.25, 0.3) is 0 Å². The quantitative estimate of drug-likeness (QED) is 0.632. The number of nitrogens with zero attached hydrogens (tertiary/aromatic N) is 1. The Morgan fingerprint density at radius 3 is 2.32 bits per heavy atom. The van der Waals surface area contributed by atoms with E-state index in [0.717, 1.165) is 17.6 Å². The number of nitrogens with one attached hydrogen (secondary N) is 1. The van der Waals surface area contributed by atoms with Crippen LogP contribution in [0.4, 0.5) is 5.69 Å². The highest BCUT2D eigenvalue weighted by Gasteiger charge is 2.17. The third-order valence-electron chi connectivity index (χ3n) is 4.00. The van der Waals surface area contributed by atoms with Gasteiger partial charge in [-0.2, -0.15) is 0 Å². The summed E-state index contributed by atoms with van der Waals surface area (Å²) in [7, 11) is -3.45. The van der Waals surface area contributed by atoms with Crippen molar-refractivity contribution in [3.05, 3.63) is 59.1 Å². The molecule has 0 aromatic heterocycles. The highest BCUT2D eigenvalue weighted by atomic mass is 35.5. The lowest BCUT2D eigenvalue weighted by Crippen LogP contribution is -2.32. The summed E-state index contributed by atoms with van der Waals surface area (Å²) in [4.78, 5) is 12.1. The molecule has 0 atom stereocenters. The summed E-state index contributed by atoms with van der Waals surface area (Å²) in [5.74, 6) is 0.666. The predicted molar refractivity (Wildman–Crippen MR) is 112 cm³/mol. The Morgan fingerprint density at radius 1 is 1.11 bits per heavy atom. The fraction of sp³-hybridized carbons (Fsp3) is 0.350. The highest BCUT2D eigenvalue weighted by Crippen LogP contribution is 2.21. The number of sulfonamides is 1. The number of ether oxygens (including phenoxy) is 1. The summed E-state index contributed by atoms with van der Waals surface area (Å²) < 4.78 is 30.8. The zero-order valence-electron chi connectivity index (χ0n) is 16.0. The van der Waals surface area contributed by atoms with E-state index in [1.54, 1.807) is 24.3 Å². The molecule has 28 heavy (non-hydrogen) atoms. The molecule has 1 N–H and O–H groups in total. The molecule has 1 amide bonds. The molecule has 0 spiro atoms. The van der Waals surface area contributed by atoms with E-state index in [4.69, 9.17) is 16.3 Å². The van der Waals surface area contributed by atoms with Crippen LogP contribution in [0.3, 0.4) is 0 Å². The molecule has 0 saturated heterocycles. The molecule has 152 valence electrons. The number of hydrogen-bond donors (Lipinski definition) is 1. The SMILES string of the molecule is CCOc1ccc(CNC(=O)CCCN(c2ccc(Cl)cc2)S(C)(=O)=O)cc1. The summed E-state index contributed by atoms with van der Waals surface area (Å²) in [6, 6.07) is 14.1. The van der Waals surface area contributed by atoms with Gasteiger partial charge in [0.2, 0.25) is 15.9 Å². The lowest BCUT2D eigenvalue weighted by Gasteiger charge is -2.22. The number of carbonyl (C=O) groups excluding carboxylic acids is 1. The Labute approximate surface area is 171 Å². The molecule has 0 saturated carbocycles. The van der Waals surface area contributed by atoms with Crippen molar-refractivity contribution >= 4 is 33.2 Å². The molecule has 0 radical (unpaired) electrons. The number of halogens is 1. The molecular weight excluding hydrogens is 400 g/mol. The zero-order chi connectivity index (χ0) is 20.6. The van der Waals surface area contributed by atoms with E-state index in [-0.39, 0.29) is 18.9 Å². The fourth-order valence-corrected chi connectivity index (χ4v) is 3.73. The molecule has 6 nitrogen and oxygen atoms in total. The van der Waals surface area contributed by atoms with Gasteiger partial charge in [-0.25, -0.2) is 8.42 Å². The normalized spacial score (nSPS) is 11.1. The number of benzene rings is 2. The van der Waals surface area contributed by atoms with Crippen molar-refractivity contribution in [2.45, 2.75) is 26.3 Å². The molecule has 2 aromatic carbocycles. The Morgan fingerprint density at radius 2 is 1.75 bits per heavy atom. The third-order valence-corrected chi connectivity index (χ3v) is 5.45. The maximum Gasteiger partial charge on any atom is 0.232 e. The van der Waals surface area contributed by atoms with Crippen LogP contribution in [0.15, 0.2) is 48.5 Å². The summed E-state index contributed by atoms with van der Waals surface area (Å²) in [5.41, 5.74) is 1.50. The first kappa shape index (κ1) is 22.0. The average Bonchev–Trinajstić information content (AvgIpc) is 2.65. The number of carbonyl (C=O) groups is 1. The summed E-state index contributed by atoms with van der Waals surface area (Å²) in [5, 5.41) is 3.38. The van der Waals surface area contributed by atoms with E-state index in [1.165, 1.54) is 4.31 Å². The number of anilines is 1. The number of hydrogen-bond acceptors (Lipinski definition) is 4. The van der Waals surface area contributed by atoms with E-state index in [2.05, 4.69) is 5.32 Å². The van der Waals surface area contributed by atoms with Crippen LogP contribution < -0.4 is 14.4 Å². The molecule has 2 aromatic rings. The second-order valence-electron chi connectivity index (χ2n) is 6.27. The van der Waals surface area contributed by atoms with Gasteiger partial charge in [-0.15, -0.1) is 0 Å². The Kier molecular flexibility index (Phi) is 8.14. The minimum atomic E-state index is -3.45. The van der Waals surface area contributed by atoms with Gasteiger partial charge in [0.05, 0.1) is 18.6 Å². The van der Waals surface area contributed by atoms with Crippen LogP contribution in [0.25, 0.3) is 0 Å². The summed E-state index contributed by atoms with van der Waals surface area (Å²) in [6.45, 7) is 3.16. The second kappa shape index (κ2) is 10.3. The van der Waals surface area contributed by atoms with Crippen LogP contribution in [0.1, 0.15) is 25.3 Å². The number of rotatable bonds is 10.